The van der Waals surface area contributed by atoms with Crippen LogP contribution in [0.25, 0.3) is 0 Å². The predicted octanol–water partition coefficient (Wildman–Crippen LogP) is 3.89. The summed E-state index contributed by atoms with van der Waals surface area (Å²) in [7, 11) is 0. The molecule has 0 aromatic carbocycles. The van der Waals surface area contributed by atoms with Gasteiger partial charge in [0.1, 0.15) is 5.54 Å². The van der Waals surface area contributed by atoms with Crippen molar-refractivity contribution in [3.8, 4) is 0 Å². The van der Waals surface area contributed by atoms with E-state index in [0.717, 1.165) is 5.92 Å². The zero-order valence-corrected chi connectivity index (χ0v) is 18.1. The Bertz CT molecular complexity index is 525. The number of amides is 1. The minimum Gasteiger partial charge on any atom is -0.439 e. The van der Waals surface area contributed by atoms with E-state index in [-0.39, 0.29) is 28.9 Å². The third-order valence-corrected chi connectivity index (χ3v) is 4.75. The quantitative estimate of drug-likeness (QED) is 0.392. The second-order valence-corrected chi connectivity index (χ2v) is 7.74. The Morgan fingerprint density at radius 1 is 1.14 bits per heavy atom. The van der Waals surface area contributed by atoms with Crippen molar-refractivity contribution in [1.82, 2.24) is 4.90 Å². The van der Waals surface area contributed by atoms with E-state index < -0.39 is 17.2 Å². The Kier molecular flexibility index (Phi) is 9.76. The molecule has 0 aromatic heterocycles. The second-order valence-electron chi connectivity index (χ2n) is 7.74. The molecular formula is C23H29FeNO3+2. The molecule has 2 saturated carbocycles. The summed E-state index contributed by atoms with van der Waals surface area (Å²) in [6.07, 6.45) is 19.4. The van der Waals surface area contributed by atoms with E-state index in [1.807, 2.05) is 85.5 Å². The van der Waals surface area contributed by atoms with Crippen LogP contribution in [0.5, 0.6) is 0 Å². The average molecular weight is 423 g/mol. The van der Waals surface area contributed by atoms with Gasteiger partial charge in [-0.1, -0.05) is 33.8 Å². The first-order valence-electron chi connectivity index (χ1n) is 9.32. The number of esters is 1. The molecule has 4 nitrogen and oxygen atoms in total. The Labute approximate surface area is 182 Å². The fraction of sp³-hybridized carbons (Fsp3) is 0.391. The molecule has 10 radical (unpaired) electrons. The summed E-state index contributed by atoms with van der Waals surface area (Å²) in [6.45, 7) is 11.2. The molecule has 28 heavy (non-hydrogen) atoms. The molecule has 2 atom stereocenters. The molecule has 0 N–H and O–H groups in total. The molecule has 0 aromatic rings. The van der Waals surface area contributed by atoms with E-state index in [1.54, 1.807) is 11.0 Å². The number of carbonyl (C=O) groups is 2. The number of hydrogen-bond acceptors (Lipinski definition) is 3. The fourth-order valence-electron chi connectivity index (χ4n) is 3.22. The number of nitrogens with zero attached hydrogens (tertiary/aromatic N) is 1. The monoisotopic (exact) mass is 423 g/mol. The Morgan fingerprint density at radius 2 is 1.64 bits per heavy atom. The van der Waals surface area contributed by atoms with Gasteiger partial charge in [0.25, 0.3) is 0 Å². The molecule has 150 valence electrons. The van der Waals surface area contributed by atoms with Crippen molar-refractivity contribution in [1.29, 1.82) is 0 Å². The van der Waals surface area contributed by atoms with Crippen LogP contribution in [0.15, 0.2) is 12.7 Å². The summed E-state index contributed by atoms with van der Waals surface area (Å²) in [5, 5.41) is 0. The van der Waals surface area contributed by atoms with Crippen LogP contribution in [0.4, 0.5) is 0 Å². The molecule has 0 unspecified atom stereocenters. The van der Waals surface area contributed by atoms with E-state index in [2.05, 4.69) is 6.58 Å². The van der Waals surface area contributed by atoms with E-state index in [4.69, 9.17) is 4.74 Å². The van der Waals surface area contributed by atoms with E-state index in [1.165, 1.54) is 0 Å². The molecule has 0 bridgehead atoms. The maximum atomic E-state index is 13.0. The summed E-state index contributed by atoms with van der Waals surface area (Å²) in [5.74, 6) is 0.386. The van der Waals surface area contributed by atoms with Crippen molar-refractivity contribution in [3.63, 3.8) is 0 Å². The molecular weight excluding hydrogens is 394 g/mol. The zero-order chi connectivity index (χ0) is 20.1. The zero-order valence-electron chi connectivity index (χ0n) is 17.0. The van der Waals surface area contributed by atoms with Gasteiger partial charge in [0.2, 0.25) is 5.91 Å². The number of ether oxygens (including phenoxy) is 1. The molecule has 3 aliphatic rings. The number of rotatable bonds is 4. The van der Waals surface area contributed by atoms with Gasteiger partial charge in [-0.2, -0.15) is 0 Å². The van der Waals surface area contributed by atoms with Gasteiger partial charge in [-0.15, -0.1) is 6.58 Å². The van der Waals surface area contributed by atoms with Crippen LogP contribution in [0, 0.1) is 69.1 Å². The molecule has 1 aliphatic heterocycles. The van der Waals surface area contributed by atoms with E-state index in [9.17, 15) is 9.59 Å². The first-order valence-corrected chi connectivity index (χ1v) is 9.32. The van der Waals surface area contributed by atoms with Gasteiger partial charge in [-0.25, -0.2) is 4.79 Å². The van der Waals surface area contributed by atoms with E-state index in [0.29, 0.717) is 12.8 Å². The molecule has 1 heterocycles. The van der Waals surface area contributed by atoms with Crippen molar-refractivity contribution in [2.24, 2.45) is 5.41 Å². The minimum absolute atomic E-state index is 0. The van der Waals surface area contributed by atoms with Crippen LogP contribution in [-0.4, -0.2) is 28.5 Å². The number of hydrogen-bond donors (Lipinski definition) is 0. The summed E-state index contributed by atoms with van der Waals surface area (Å²) < 4.78 is 5.61. The molecule has 3 fully saturated rings. The molecule has 5 heteroatoms. The van der Waals surface area contributed by atoms with Gasteiger partial charge in [0.15, 0.2) is 6.23 Å². The van der Waals surface area contributed by atoms with Crippen LogP contribution in [0.2, 0.25) is 0 Å². The van der Waals surface area contributed by atoms with Crippen molar-refractivity contribution in [3.05, 3.63) is 76.4 Å². The SMILES string of the molecule is C=CC[C@]1(CC)C(=O)O[C@@H]([C]2[CH][CH][CH][CH]2)N1C(=O)C(C)(C)C.[CH]1[CH][CH][CH][CH]1.[Fe+2]. The summed E-state index contributed by atoms with van der Waals surface area (Å²) in [4.78, 5) is 27.3. The third-order valence-electron chi connectivity index (χ3n) is 4.75. The van der Waals surface area contributed by atoms with Crippen LogP contribution >= 0.6 is 0 Å². The first-order chi connectivity index (χ1) is 12.8. The summed E-state index contributed by atoms with van der Waals surface area (Å²) in [5.41, 5.74) is -1.56. The number of carbonyl (C=O) groups excluding carboxylic acids is 2. The summed E-state index contributed by atoms with van der Waals surface area (Å²) >= 11 is 0. The molecule has 3 rings (SSSR count). The first kappa shape index (κ1) is 25.2. The van der Waals surface area contributed by atoms with Gasteiger partial charge in [0.05, 0.1) is 0 Å². The molecule has 0 spiro atoms. The van der Waals surface area contributed by atoms with Crippen LogP contribution < -0.4 is 0 Å². The van der Waals surface area contributed by atoms with Crippen LogP contribution in [0.1, 0.15) is 40.5 Å². The van der Waals surface area contributed by atoms with Crippen molar-refractivity contribution in [2.45, 2.75) is 52.3 Å². The number of cyclic esters (lactones) is 1. The Balaban J connectivity index is 0.000000567. The smallest absolute Gasteiger partial charge is 0.439 e. The molecule has 1 amide bonds. The summed E-state index contributed by atoms with van der Waals surface area (Å²) in [6, 6.07) is 0. The maximum Gasteiger partial charge on any atom is 2.00 e. The van der Waals surface area contributed by atoms with Crippen molar-refractivity contribution >= 4 is 11.9 Å². The van der Waals surface area contributed by atoms with Crippen LogP contribution in [0.3, 0.4) is 0 Å². The predicted molar refractivity (Wildman–Crippen MR) is 106 cm³/mol. The van der Waals surface area contributed by atoms with Gasteiger partial charge >= 0.3 is 23.0 Å². The standard InChI is InChI=1S/C18H24NO3.C5H5.Fe/c1-6-12-18(7-2)16(21)22-14(13-10-8-9-11-13)19(18)15(20)17(3,4)5;1-2-4-5-3-1;/h6,8-11,14H,1,7,12H2,2-5H3;1-5H;/q;;+2/t14-,18+;;/m0../s1. The van der Waals surface area contributed by atoms with Crippen LogP contribution in [-0.2, 0) is 31.4 Å². The minimum atomic E-state index is -0.964. The molecule has 1 saturated heterocycles. The van der Waals surface area contributed by atoms with E-state index >= 15 is 0 Å². The largest absolute Gasteiger partial charge is 2.00 e. The molecule has 2 aliphatic carbocycles. The van der Waals surface area contributed by atoms with Crippen molar-refractivity contribution in [2.75, 3.05) is 0 Å². The fourth-order valence-corrected chi connectivity index (χ4v) is 3.22. The third kappa shape index (κ3) is 5.42. The van der Waals surface area contributed by atoms with Gasteiger partial charge < -0.3 is 4.74 Å². The Morgan fingerprint density at radius 3 is 2.04 bits per heavy atom. The van der Waals surface area contributed by atoms with Gasteiger partial charge in [0, 0.05) is 11.3 Å². The normalized spacial score (nSPS) is 27.6. The second kappa shape index (κ2) is 10.8. The maximum absolute atomic E-state index is 13.0. The average Bonchev–Trinajstić information content (AvgIpc) is 3.37. The van der Waals surface area contributed by atoms with Crippen molar-refractivity contribution < 1.29 is 31.4 Å². The Hall–Kier alpha value is -0.801. The van der Waals surface area contributed by atoms with Gasteiger partial charge in [-0.3, -0.25) is 9.69 Å². The van der Waals surface area contributed by atoms with Gasteiger partial charge in [-0.05, 0) is 70.6 Å². The topological polar surface area (TPSA) is 46.6 Å².